The van der Waals surface area contributed by atoms with Crippen LogP contribution < -0.4 is 26.8 Å². The predicted molar refractivity (Wildman–Crippen MR) is 226 cm³/mol. The molecule has 0 saturated carbocycles. The zero-order valence-corrected chi connectivity index (χ0v) is 36.8. The number of aromatic nitrogens is 2. The molecule has 22 nitrogen and oxygen atoms in total. The number of carbonyl (C=O) groups excluding carboxylic acids is 1. The molecule has 1 fully saturated rings. The van der Waals surface area contributed by atoms with Crippen LogP contribution in [0.25, 0.3) is 33.4 Å². The molecule has 1 aliphatic carbocycles. The van der Waals surface area contributed by atoms with Crippen LogP contribution in [0.4, 0.5) is 5.69 Å². The molecular weight excluding hydrogens is 891 g/mol. The van der Waals surface area contributed by atoms with Gasteiger partial charge in [-0.25, -0.2) is 23.3 Å². The number of ether oxygens (including phenoxy) is 1. The molecule has 0 bridgehead atoms. The van der Waals surface area contributed by atoms with E-state index in [0.29, 0.717) is 38.8 Å². The molecule has 3 aromatic rings. The summed E-state index contributed by atoms with van der Waals surface area (Å²) in [6, 6.07) is 15.1. The number of rotatable bonds is 13. The molecule has 2 aromatic carbocycles. The van der Waals surface area contributed by atoms with E-state index in [0.717, 1.165) is 16.5 Å². The highest BCUT2D eigenvalue weighted by Crippen LogP contribution is 2.66. The minimum atomic E-state index is -5.73. The van der Waals surface area contributed by atoms with Crippen molar-refractivity contribution in [1.82, 2.24) is 14.9 Å². The van der Waals surface area contributed by atoms with Crippen LogP contribution in [0.15, 0.2) is 79.8 Å². The van der Waals surface area contributed by atoms with Crippen LogP contribution in [0.3, 0.4) is 0 Å². The van der Waals surface area contributed by atoms with E-state index in [1.807, 2.05) is 51.0 Å². The summed E-state index contributed by atoms with van der Waals surface area (Å²) >= 11 is 0. The number of hydrogen-bond donors (Lipinski definition) is 7. The predicted octanol–water partition coefficient (Wildman–Crippen LogP) is 4.18. The molecule has 63 heavy (non-hydrogen) atoms. The first-order chi connectivity index (χ1) is 29.6. The molecule has 336 valence electrons. The third-order valence-corrected chi connectivity index (χ3v) is 12.8. The second-order valence-corrected chi connectivity index (χ2v) is 17.8. The number of carboxylic acids is 1. The zero-order valence-electron chi connectivity index (χ0n) is 34.1. The molecule has 1 saturated heterocycles. The van der Waals surface area contributed by atoms with Crippen molar-refractivity contribution in [1.29, 1.82) is 0 Å². The lowest BCUT2D eigenvalue weighted by atomic mass is 9.89. The monoisotopic (exact) mass is 933 g/mol. The first-order valence-electron chi connectivity index (χ1n) is 18.7. The van der Waals surface area contributed by atoms with Gasteiger partial charge in [-0.15, -0.1) is 0 Å². The van der Waals surface area contributed by atoms with Crippen molar-refractivity contribution in [3.63, 3.8) is 0 Å². The highest BCUT2D eigenvalue weighted by Gasteiger charge is 2.41. The Bertz CT molecular complexity index is 2930. The fourth-order valence-corrected chi connectivity index (χ4v) is 9.35. The molecule has 3 heterocycles. The number of phosphoric ester groups is 1. The van der Waals surface area contributed by atoms with Crippen LogP contribution in [0.1, 0.15) is 59.2 Å². The summed E-state index contributed by atoms with van der Waals surface area (Å²) < 4.78 is 59.3. The average molecular weight is 934 g/mol. The summed E-state index contributed by atoms with van der Waals surface area (Å²) in [7, 11) is -11.3. The van der Waals surface area contributed by atoms with Crippen LogP contribution >= 0.6 is 23.5 Å². The number of aromatic carboxylic acids is 1. The number of anilines is 1. The Hall–Kier alpha value is -5.52. The van der Waals surface area contributed by atoms with Gasteiger partial charge in [0.1, 0.15) is 23.1 Å². The fourth-order valence-electron chi connectivity index (χ4n) is 6.30. The van der Waals surface area contributed by atoms with E-state index < -0.39 is 65.5 Å². The summed E-state index contributed by atoms with van der Waals surface area (Å²) in [4.78, 5) is 95.7. The van der Waals surface area contributed by atoms with Gasteiger partial charge >= 0.3 is 35.1 Å². The molecule has 25 heteroatoms. The quantitative estimate of drug-likeness (QED) is 0.0495. The smallest absolute Gasteiger partial charge is 0.478 e. The van der Waals surface area contributed by atoms with Gasteiger partial charge in [0.15, 0.2) is 0 Å². The molecule has 6 rings (SSSR count). The molecular formula is C38H42N5O17P3. The standard InChI is InChI=1S/C36H36N5O17P3.C2H6/c1-37-22-7-11-26-29(16-22)56-30-17-23(40(2)3)8-12-27(30)32(26)25-10-6-20(15-28(25)35(44)45)33(42)38-14-4-5-21-18-41(36(46)39-34(21)43)31-13-9-24(55-31)19-54-60(50,51)58-61(52,53)57-59(47,48)49;1-2/h6-8,10-12,15-18,24,31H,9,13-14,19H2,1-3H3,(H,38,42)(H,44,45)(H,50,51)(H,52,53)(H,39,43,46)(H2,47,48,49);1-2H3/t24-,31+;/m0./s1. The Morgan fingerprint density at radius 2 is 1.68 bits per heavy atom. The topological polar surface area (TPSA) is 319 Å². The van der Waals surface area contributed by atoms with Crippen LogP contribution in [-0.4, -0.2) is 86.5 Å². The molecule has 0 spiro atoms. The second kappa shape index (κ2) is 19.9. The number of benzene rings is 3. The summed E-state index contributed by atoms with van der Waals surface area (Å²) in [6.45, 7) is 2.95. The highest BCUT2D eigenvalue weighted by atomic mass is 31.3. The molecule has 3 aliphatic rings. The van der Waals surface area contributed by atoms with E-state index in [4.69, 9.17) is 18.9 Å². The number of phosphoric acid groups is 3. The van der Waals surface area contributed by atoms with Gasteiger partial charge in [0.05, 0.1) is 30.2 Å². The summed E-state index contributed by atoms with van der Waals surface area (Å²) in [6.07, 6.45) is -0.752. The second-order valence-electron chi connectivity index (χ2n) is 13.4. The van der Waals surface area contributed by atoms with E-state index in [1.54, 1.807) is 25.2 Å². The molecule has 0 radical (unpaired) electrons. The Balaban J connectivity index is 0.00000369. The minimum absolute atomic E-state index is 0.00594. The Kier molecular flexibility index (Phi) is 15.3. The Morgan fingerprint density at radius 1 is 0.968 bits per heavy atom. The maximum absolute atomic E-state index is 13.2. The van der Waals surface area contributed by atoms with E-state index in [9.17, 15) is 47.8 Å². The lowest BCUT2D eigenvalue weighted by Crippen LogP contribution is -2.33. The van der Waals surface area contributed by atoms with Gasteiger partial charge in [0, 0.05) is 67.2 Å². The molecule has 2 unspecified atom stereocenters. The van der Waals surface area contributed by atoms with E-state index >= 15 is 0 Å². The van der Waals surface area contributed by atoms with E-state index in [2.05, 4.69) is 40.3 Å². The molecule has 4 atom stereocenters. The van der Waals surface area contributed by atoms with Crippen molar-refractivity contribution in [2.45, 2.75) is 39.0 Å². The maximum Gasteiger partial charge on any atom is 0.490 e. The summed E-state index contributed by atoms with van der Waals surface area (Å²) in [5.41, 5.74) is 0.762. The van der Waals surface area contributed by atoms with Crippen molar-refractivity contribution >= 4 is 52.0 Å². The number of nitrogens with one attached hydrogen (secondary N) is 2. The van der Waals surface area contributed by atoms with Gasteiger partial charge < -0.3 is 44.1 Å². The van der Waals surface area contributed by atoms with Gasteiger partial charge in [-0.2, -0.15) is 8.62 Å². The van der Waals surface area contributed by atoms with Gasteiger partial charge in [0.25, 0.3) is 11.5 Å². The summed E-state index contributed by atoms with van der Waals surface area (Å²) in [5, 5.41) is 14.2. The first kappa shape index (κ1) is 48.5. The van der Waals surface area contributed by atoms with Crippen molar-refractivity contribution in [3.8, 4) is 34.3 Å². The number of carbonyl (C=O) groups is 2. The van der Waals surface area contributed by atoms with Crippen LogP contribution in [-0.2, 0) is 31.6 Å². The van der Waals surface area contributed by atoms with Crippen molar-refractivity contribution in [3.05, 3.63) is 104 Å². The summed E-state index contributed by atoms with van der Waals surface area (Å²) in [5.74, 6) is 3.67. The fraction of sp³-hybridized carbons (Fsp3) is 0.289. The minimum Gasteiger partial charge on any atom is -0.478 e. The SMILES string of the molecule is CC.CN=c1ccc2c(-c3ccc(C(=O)NCC#Cc4cn([C@H]5CC[C@@H](COP(=O)(O)OP(=O)(O)OP(=O)(O)O)O5)c(=O)[nH]c4=O)cc3C(=O)O)c3ccc(N(C)C)cc3oc-2c1. The average Bonchev–Trinajstić information content (AvgIpc) is 3.69. The Labute approximate surface area is 357 Å². The van der Waals surface area contributed by atoms with E-state index in [1.165, 1.54) is 18.2 Å². The van der Waals surface area contributed by atoms with Crippen molar-refractivity contribution in [2.75, 3.05) is 39.2 Å². The number of carboxylic acid groups (broad SMARTS) is 1. The van der Waals surface area contributed by atoms with Crippen molar-refractivity contribution < 1.29 is 70.3 Å². The maximum atomic E-state index is 13.2. The van der Waals surface area contributed by atoms with Crippen LogP contribution in [0.2, 0.25) is 0 Å². The number of hydrogen-bond acceptors (Lipinski definition) is 14. The number of aromatic amines is 1. The zero-order chi connectivity index (χ0) is 46.4. The van der Waals surface area contributed by atoms with Crippen molar-refractivity contribution in [2.24, 2.45) is 4.99 Å². The molecule has 7 N–H and O–H groups in total. The number of nitrogens with zero attached hydrogens (tertiary/aromatic N) is 3. The van der Waals surface area contributed by atoms with Gasteiger partial charge in [-0.05, 0) is 54.8 Å². The van der Waals surface area contributed by atoms with Gasteiger partial charge in [-0.1, -0.05) is 31.8 Å². The largest absolute Gasteiger partial charge is 0.490 e. The van der Waals surface area contributed by atoms with Crippen LogP contribution in [0, 0.1) is 11.8 Å². The molecule has 1 amide bonds. The van der Waals surface area contributed by atoms with Gasteiger partial charge in [0.2, 0.25) is 0 Å². The number of fused-ring (bicyclic) bond motifs is 2. The molecule has 1 aromatic heterocycles. The third-order valence-electron chi connectivity index (χ3n) is 9.01. The number of amides is 1. The van der Waals surface area contributed by atoms with E-state index in [-0.39, 0.29) is 36.1 Å². The molecule has 2 aliphatic heterocycles. The lowest BCUT2D eigenvalue weighted by molar-refractivity contribution is -0.0243. The van der Waals surface area contributed by atoms with Gasteiger partial charge in [-0.3, -0.25) is 28.7 Å². The highest BCUT2D eigenvalue weighted by molar-refractivity contribution is 7.66. The Morgan fingerprint density at radius 3 is 2.35 bits per heavy atom. The number of H-pyrrole nitrogens is 1. The lowest BCUT2D eigenvalue weighted by Gasteiger charge is -2.19. The third kappa shape index (κ3) is 12.1. The first-order valence-corrected chi connectivity index (χ1v) is 23.2. The normalized spacial score (nSPS) is 17.2. The van der Waals surface area contributed by atoms with Crippen LogP contribution in [0.5, 0.6) is 0 Å².